The summed E-state index contributed by atoms with van der Waals surface area (Å²) >= 11 is 0. The molecular weight excluding hydrogens is 1180 g/mol. The van der Waals surface area contributed by atoms with Crippen molar-refractivity contribution in [3.63, 3.8) is 0 Å². The van der Waals surface area contributed by atoms with E-state index in [0.29, 0.717) is 0 Å². The maximum Gasteiger partial charge on any atom is 0.135 e. The lowest BCUT2D eigenvalue weighted by atomic mass is 9.67. The summed E-state index contributed by atoms with van der Waals surface area (Å²) in [6.07, 6.45) is 3.73. The Morgan fingerprint density at radius 2 is 0.583 bits per heavy atom. The van der Waals surface area contributed by atoms with Crippen molar-refractivity contribution in [3.8, 4) is 33.4 Å². The summed E-state index contributed by atoms with van der Waals surface area (Å²) in [4.78, 5) is 4.67. The lowest BCUT2D eigenvalue weighted by Gasteiger charge is -2.35. The minimum Gasteiger partial charge on any atom is -0.456 e. The van der Waals surface area contributed by atoms with Crippen molar-refractivity contribution in [1.82, 2.24) is 0 Å². The summed E-state index contributed by atoms with van der Waals surface area (Å²) in [5, 5.41) is 4.12. The molecule has 2 aliphatic carbocycles. The first-order valence-corrected chi connectivity index (χ1v) is 32.4. The zero-order valence-corrected chi connectivity index (χ0v) is 52.1. The number of halogens is 2. The second-order valence-corrected chi connectivity index (χ2v) is 25.0. The van der Waals surface area contributed by atoms with Gasteiger partial charge in [0, 0.05) is 55.7 Å². The number of rotatable bonds is 13. The van der Waals surface area contributed by atoms with Crippen LogP contribution in [0, 0.1) is 11.6 Å². The van der Waals surface area contributed by atoms with Crippen molar-refractivity contribution in [3.05, 3.63) is 396 Å². The van der Waals surface area contributed by atoms with Crippen molar-refractivity contribution in [2.75, 3.05) is 9.80 Å². The third-order valence-electron chi connectivity index (χ3n) is 20.1. The van der Waals surface area contributed by atoms with Gasteiger partial charge >= 0.3 is 0 Å². The Kier molecular flexibility index (Phi) is 13.0. The van der Waals surface area contributed by atoms with Gasteiger partial charge in [-0.25, -0.2) is 8.78 Å². The number of anilines is 6. The monoisotopic (exact) mass is 1240 g/mol. The fraction of sp³-hybridized carbons (Fsp3) is 0.0222. The Balaban J connectivity index is 0.776. The molecule has 14 aromatic carbocycles. The Morgan fingerprint density at radius 3 is 0.979 bits per heavy atom. The molecule has 4 nitrogen and oxygen atoms in total. The van der Waals surface area contributed by atoms with Gasteiger partial charge in [-0.15, -0.1) is 0 Å². The second kappa shape index (κ2) is 22.2. The van der Waals surface area contributed by atoms with Gasteiger partial charge in [0.1, 0.15) is 34.0 Å². The van der Waals surface area contributed by atoms with Crippen LogP contribution in [0.15, 0.2) is 337 Å². The van der Waals surface area contributed by atoms with Crippen LogP contribution in [-0.4, -0.2) is 0 Å². The molecule has 6 heteroatoms. The van der Waals surface area contributed by atoms with E-state index in [9.17, 15) is 0 Å². The van der Waals surface area contributed by atoms with Gasteiger partial charge in [-0.05, 0) is 210 Å². The lowest BCUT2D eigenvalue weighted by molar-refractivity contribution is 0.624. The Hall–Kier alpha value is -12.4. The van der Waals surface area contributed by atoms with Crippen LogP contribution in [-0.2, 0) is 10.8 Å². The molecule has 0 saturated heterocycles. The van der Waals surface area contributed by atoms with E-state index in [1.165, 1.54) is 0 Å². The maximum absolute atomic E-state index is 15.1. The molecule has 0 aliphatic heterocycles. The molecule has 0 fully saturated rings. The van der Waals surface area contributed by atoms with E-state index in [1.54, 1.807) is 24.3 Å². The highest BCUT2D eigenvalue weighted by Crippen LogP contribution is 2.60. The molecule has 18 rings (SSSR count). The zero-order chi connectivity index (χ0) is 64.2. The number of para-hydroxylation sites is 2. The number of benzene rings is 14. The average Bonchev–Trinajstić information content (AvgIpc) is 1.53. The highest BCUT2D eigenvalue weighted by atomic mass is 19.1. The third-order valence-corrected chi connectivity index (χ3v) is 20.1. The minimum absolute atomic E-state index is 0.288. The molecule has 2 heterocycles. The first-order chi connectivity index (χ1) is 47.3. The minimum atomic E-state index is -0.795. The molecule has 96 heavy (non-hydrogen) atoms. The van der Waals surface area contributed by atoms with Crippen LogP contribution >= 0.6 is 0 Å². The average molecular weight is 1240 g/mol. The van der Waals surface area contributed by atoms with Gasteiger partial charge in [0.15, 0.2) is 0 Å². The van der Waals surface area contributed by atoms with Crippen molar-refractivity contribution in [2.45, 2.75) is 10.8 Å². The van der Waals surface area contributed by atoms with Crippen molar-refractivity contribution < 1.29 is 17.6 Å². The largest absolute Gasteiger partial charge is 0.456 e. The van der Waals surface area contributed by atoms with Crippen LogP contribution < -0.4 is 9.80 Å². The number of furan rings is 2. The number of fused-ring (bicyclic) bond motifs is 12. The molecular formula is C90H58F2N2O2. The molecule has 16 aromatic rings. The van der Waals surface area contributed by atoms with E-state index in [1.807, 2.05) is 60.7 Å². The predicted molar refractivity (Wildman–Crippen MR) is 391 cm³/mol. The summed E-state index contributed by atoms with van der Waals surface area (Å²) < 4.78 is 43.0. The van der Waals surface area contributed by atoms with Gasteiger partial charge in [-0.3, -0.25) is 0 Å². The third kappa shape index (κ3) is 8.65. The first kappa shape index (κ1) is 56.4. The van der Waals surface area contributed by atoms with Crippen LogP contribution in [0.3, 0.4) is 0 Å². The van der Waals surface area contributed by atoms with Gasteiger partial charge in [-0.1, -0.05) is 219 Å². The SMILES string of the molecule is C=Cc1ccc(C2(c3ccc(F)cc3)c3ccccc3-c3ccc(N(c4ccc(-c5ccc(N(c6ccc7c(c6)C(c6ccc(F)cc6)(c6ccc(C=C)cc6)c6ccccc6-7)c6ccc7oc8ccccc8c7c6)cc5)cc4)c4ccc5oc6ccccc6c5c4)cc32)cc1. The standard InChI is InChI=1S/C90H58F2N2O2/c1-3-57-21-29-61(30-22-57)89(63-33-37-65(91)38-34-63)81-17-9-5-13-73(81)75-49-45-71(55-83(75)89)93(69-47-51-87-79(53-69)77-15-7-11-19-85(77)95-87)67-41-25-59(26-42-67)60-27-43-68(44-28-60)94(70-48-52-88-80(54-70)78-16-8-12-20-86(78)96-88)72-46-50-76-74-14-6-10-18-82(74)90(84(76)56-72,64-35-39-66(92)40-36-64)62-31-23-58(4-2)24-32-62/h3-56H,1-2H2. The number of hydrogen-bond acceptors (Lipinski definition) is 4. The summed E-state index contributed by atoms with van der Waals surface area (Å²) in [6.45, 7) is 8.15. The van der Waals surface area contributed by atoms with E-state index >= 15 is 8.78 Å². The van der Waals surface area contributed by atoms with E-state index in [4.69, 9.17) is 8.83 Å². The van der Waals surface area contributed by atoms with Gasteiger partial charge in [0.05, 0.1) is 10.8 Å². The maximum atomic E-state index is 15.1. The molecule has 454 valence electrons. The summed E-state index contributed by atoms with van der Waals surface area (Å²) in [7, 11) is 0. The molecule has 0 spiro atoms. The Labute approximate surface area is 554 Å². The molecule has 2 unspecified atom stereocenters. The van der Waals surface area contributed by atoms with Gasteiger partial charge in [-0.2, -0.15) is 0 Å². The second-order valence-electron chi connectivity index (χ2n) is 25.0. The van der Waals surface area contributed by atoms with Gasteiger partial charge < -0.3 is 18.6 Å². The quantitative estimate of drug-likeness (QED) is 0.115. The molecule has 2 aromatic heterocycles. The first-order valence-electron chi connectivity index (χ1n) is 32.4. The molecule has 0 bridgehead atoms. The highest BCUT2D eigenvalue weighted by Gasteiger charge is 2.48. The van der Waals surface area contributed by atoms with Gasteiger partial charge in [0.25, 0.3) is 0 Å². The summed E-state index contributed by atoms with van der Waals surface area (Å²) in [5.74, 6) is -0.576. The predicted octanol–water partition coefficient (Wildman–Crippen LogP) is 24.4. The Bertz CT molecular complexity index is 5410. The number of hydrogen-bond donors (Lipinski definition) is 0. The lowest BCUT2D eigenvalue weighted by Crippen LogP contribution is -2.29. The van der Waals surface area contributed by atoms with Crippen molar-refractivity contribution >= 4 is 90.2 Å². The van der Waals surface area contributed by atoms with Crippen LogP contribution in [0.25, 0.3) is 89.4 Å². The summed E-state index contributed by atoms with van der Waals surface area (Å²) in [5.41, 5.74) is 24.6. The molecule has 0 N–H and O–H groups in total. The summed E-state index contributed by atoms with van der Waals surface area (Å²) in [6, 6.07) is 109. The van der Waals surface area contributed by atoms with Gasteiger partial charge in [0.2, 0.25) is 0 Å². The number of nitrogens with zero attached hydrogens (tertiary/aromatic N) is 2. The molecule has 0 amide bonds. The smallest absolute Gasteiger partial charge is 0.135 e. The highest BCUT2D eigenvalue weighted by molar-refractivity contribution is 6.08. The van der Waals surface area contributed by atoms with E-state index in [0.717, 1.165) is 167 Å². The van der Waals surface area contributed by atoms with E-state index < -0.39 is 10.8 Å². The van der Waals surface area contributed by atoms with Crippen LogP contribution in [0.4, 0.5) is 42.9 Å². The van der Waals surface area contributed by atoms with E-state index in [2.05, 4.69) is 266 Å². The molecule has 2 aliphatic rings. The van der Waals surface area contributed by atoms with Crippen LogP contribution in [0.1, 0.15) is 55.6 Å². The fourth-order valence-corrected chi connectivity index (χ4v) is 15.7. The normalized spacial score (nSPS) is 15.1. The van der Waals surface area contributed by atoms with Crippen molar-refractivity contribution in [1.29, 1.82) is 0 Å². The zero-order valence-electron chi connectivity index (χ0n) is 52.1. The Morgan fingerprint density at radius 1 is 0.271 bits per heavy atom. The molecule has 0 radical (unpaired) electrons. The molecule has 0 saturated carbocycles. The van der Waals surface area contributed by atoms with Crippen LogP contribution in [0.5, 0.6) is 0 Å². The van der Waals surface area contributed by atoms with Crippen LogP contribution in [0.2, 0.25) is 0 Å². The van der Waals surface area contributed by atoms with Crippen molar-refractivity contribution in [2.24, 2.45) is 0 Å². The van der Waals surface area contributed by atoms with E-state index in [-0.39, 0.29) is 11.6 Å². The topological polar surface area (TPSA) is 32.8 Å². The fourth-order valence-electron chi connectivity index (χ4n) is 15.7. The molecule has 2 atom stereocenters.